The van der Waals surface area contributed by atoms with Gasteiger partial charge in [0.05, 0.1) is 18.5 Å². The van der Waals surface area contributed by atoms with Gasteiger partial charge >= 0.3 is 0 Å². The summed E-state index contributed by atoms with van der Waals surface area (Å²) in [6, 6.07) is 8.57. The summed E-state index contributed by atoms with van der Waals surface area (Å²) in [5, 5.41) is 12.1. The number of aromatic nitrogens is 4. The van der Waals surface area contributed by atoms with Gasteiger partial charge in [0.1, 0.15) is 5.82 Å². The summed E-state index contributed by atoms with van der Waals surface area (Å²) in [5.41, 5.74) is 9.03. The number of rotatable bonds is 3. The van der Waals surface area contributed by atoms with Gasteiger partial charge in [-0.2, -0.15) is 4.80 Å². The van der Waals surface area contributed by atoms with Crippen molar-refractivity contribution in [1.29, 1.82) is 0 Å². The van der Waals surface area contributed by atoms with Crippen LogP contribution in [-0.4, -0.2) is 26.1 Å². The number of carbonyl (C=O) groups excluding carboxylic acids is 1. The molecule has 0 saturated carbocycles. The third-order valence-corrected chi connectivity index (χ3v) is 4.88. The van der Waals surface area contributed by atoms with E-state index >= 15 is 0 Å². The van der Waals surface area contributed by atoms with E-state index < -0.39 is 5.82 Å². The molecule has 0 aliphatic heterocycles. The topological polar surface area (TPSA) is 86.7 Å². The second-order valence-electron chi connectivity index (χ2n) is 6.32. The number of aryl methyl sites for hydroxylation is 2. The molecular weight excluding hydrogens is 357 g/mol. The summed E-state index contributed by atoms with van der Waals surface area (Å²) in [6.45, 7) is 0. The number of amides is 1. The van der Waals surface area contributed by atoms with E-state index in [1.54, 1.807) is 13.1 Å². The summed E-state index contributed by atoms with van der Waals surface area (Å²) >= 11 is 6.08. The van der Waals surface area contributed by atoms with E-state index in [4.69, 9.17) is 17.3 Å². The van der Waals surface area contributed by atoms with Gasteiger partial charge in [-0.1, -0.05) is 29.8 Å². The normalized spacial score (nSPS) is 15.9. The summed E-state index contributed by atoms with van der Waals surface area (Å²) in [5.74, 6) is -0.922. The van der Waals surface area contributed by atoms with Crippen molar-refractivity contribution in [3.63, 3.8) is 0 Å². The SMILES string of the molecule is Cn1nnc(-c2c(F)cc(Cl)cc2-c2ccc3c(c2)CC[C@@H]3C(N)=O)n1. The Morgan fingerprint density at radius 1 is 1.35 bits per heavy atom. The van der Waals surface area contributed by atoms with Crippen LogP contribution in [-0.2, 0) is 18.3 Å². The molecule has 6 nitrogen and oxygen atoms in total. The molecule has 3 aromatic rings. The second kappa shape index (κ2) is 6.17. The number of tetrazole rings is 1. The summed E-state index contributed by atoms with van der Waals surface area (Å²) in [4.78, 5) is 12.9. The Morgan fingerprint density at radius 3 is 2.85 bits per heavy atom. The minimum absolute atomic E-state index is 0.187. The van der Waals surface area contributed by atoms with Crippen molar-refractivity contribution in [2.24, 2.45) is 12.8 Å². The van der Waals surface area contributed by atoms with Crippen LogP contribution in [0.25, 0.3) is 22.5 Å². The summed E-state index contributed by atoms with van der Waals surface area (Å²) in [6.07, 6.45) is 1.44. The summed E-state index contributed by atoms with van der Waals surface area (Å²) in [7, 11) is 1.61. The number of hydrogen-bond acceptors (Lipinski definition) is 4. The molecule has 0 spiro atoms. The van der Waals surface area contributed by atoms with Gasteiger partial charge in [-0.25, -0.2) is 4.39 Å². The van der Waals surface area contributed by atoms with Gasteiger partial charge in [0.15, 0.2) is 0 Å². The smallest absolute Gasteiger partial charge is 0.224 e. The average molecular weight is 372 g/mol. The van der Waals surface area contributed by atoms with Gasteiger partial charge in [-0.15, -0.1) is 10.2 Å². The molecule has 0 bridgehead atoms. The van der Waals surface area contributed by atoms with E-state index in [1.807, 2.05) is 18.2 Å². The molecule has 1 atom stereocenters. The van der Waals surface area contributed by atoms with E-state index in [2.05, 4.69) is 15.4 Å². The number of nitrogens with zero attached hydrogens (tertiary/aromatic N) is 4. The molecule has 1 amide bonds. The third kappa shape index (κ3) is 2.74. The lowest BCUT2D eigenvalue weighted by atomic mass is 9.94. The molecule has 1 aromatic heterocycles. The Hall–Kier alpha value is -2.80. The highest BCUT2D eigenvalue weighted by atomic mass is 35.5. The zero-order valence-corrected chi connectivity index (χ0v) is 14.7. The fraction of sp³-hybridized carbons (Fsp3) is 0.222. The van der Waals surface area contributed by atoms with E-state index in [-0.39, 0.29) is 28.2 Å². The van der Waals surface area contributed by atoms with E-state index in [0.717, 1.165) is 23.1 Å². The monoisotopic (exact) mass is 371 g/mol. The standard InChI is InChI=1S/C18H15ClFN5O/c1-25-23-18(22-24-25)16-14(7-11(19)8-15(16)20)10-2-4-12-9(6-10)3-5-13(12)17(21)26/h2,4,6-8,13H,3,5H2,1H3,(H2,21,26)/t13-/m0/s1. The van der Waals surface area contributed by atoms with Crippen molar-refractivity contribution in [3.8, 4) is 22.5 Å². The number of hydrogen-bond donors (Lipinski definition) is 1. The van der Waals surface area contributed by atoms with Gasteiger partial charge in [-0.3, -0.25) is 4.79 Å². The predicted octanol–water partition coefficient (Wildman–Crippen LogP) is 2.85. The molecule has 0 unspecified atom stereocenters. The zero-order chi connectivity index (χ0) is 18.4. The minimum atomic E-state index is -0.518. The van der Waals surface area contributed by atoms with E-state index in [0.29, 0.717) is 12.0 Å². The number of primary amides is 1. The van der Waals surface area contributed by atoms with Gasteiger partial charge in [-0.05, 0) is 52.4 Å². The van der Waals surface area contributed by atoms with Gasteiger partial charge in [0, 0.05) is 5.02 Å². The molecule has 1 heterocycles. The zero-order valence-electron chi connectivity index (χ0n) is 13.9. The lowest BCUT2D eigenvalue weighted by molar-refractivity contribution is -0.119. The molecule has 8 heteroatoms. The molecule has 0 radical (unpaired) electrons. The summed E-state index contributed by atoms with van der Waals surface area (Å²) < 4.78 is 14.7. The highest BCUT2D eigenvalue weighted by molar-refractivity contribution is 6.31. The molecule has 26 heavy (non-hydrogen) atoms. The maximum absolute atomic E-state index is 14.7. The van der Waals surface area contributed by atoms with Crippen LogP contribution in [0.3, 0.4) is 0 Å². The van der Waals surface area contributed by atoms with Crippen molar-refractivity contribution in [1.82, 2.24) is 20.2 Å². The van der Waals surface area contributed by atoms with Crippen molar-refractivity contribution in [2.45, 2.75) is 18.8 Å². The molecule has 2 N–H and O–H groups in total. The molecule has 2 aromatic carbocycles. The van der Waals surface area contributed by atoms with Crippen LogP contribution in [0.5, 0.6) is 0 Å². The fourth-order valence-electron chi connectivity index (χ4n) is 3.49. The first-order chi connectivity index (χ1) is 12.4. The van der Waals surface area contributed by atoms with E-state index in [1.165, 1.54) is 10.9 Å². The quantitative estimate of drug-likeness (QED) is 0.767. The van der Waals surface area contributed by atoms with Crippen LogP contribution in [0.15, 0.2) is 30.3 Å². The van der Waals surface area contributed by atoms with Crippen molar-refractivity contribution >= 4 is 17.5 Å². The first-order valence-electron chi connectivity index (χ1n) is 8.10. The Bertz CT molecular complexity index is 1030. The third-order valence-electron chi connectivity index (χ3n) is 4.66. The highest BCUT2D eigenvalue weighted by Crippen LogP contribution is 2.39. The Balaban J connectivity index is 1.88. The van der Waals surface area contributed by atoms with Crippen LogP contribution in [0.4, 0.5) is 4.39 Å². The maximum Gasteiger partial charge on any atom is 0.224 e. The van der Waals surface area contributed by atoms with Crippen LogP contribution < -0.4 is 5.73 Å². The van der Waals surface area contributed by atoms with Crippen LogP contribution in [0.2, 0.25) is 5.02 Å². The van der Waals surface area contributed by atoms with Crippen LogP contribution in [0.1, 0.15) is 23.5 Å². The molecule has 0 fully saturated rings. The lowest BCUT2D eigenvalue weighted by Crippen LogP contribution is -2.19. The van der Waals surface area contributed by atoms with E-state index in [9.17, 15) is 9.18 Å². The molecule has 0 saturated heterocycles. The number of halogens is 2. The first-order valence-corrected chi connectivity index (χ1v) is 8.48. The van der Waals surface area contributed by atoms with Crippen LogP contribution >= 0.6 is 11.6 Å². The minimum Gasteiger partial charge on any atom is -0.369 e. The fourth-order valence-corrected chi connectivity index (χ4v) is 3.70. The second-order valence-corrected chi connectivity index (χ2v) is 6.76. The average Bonchev–Trinajstić information content (AvgIpc) is 3.19. The molecule has 1 aliphatic rings. The van der Waals surface area contributed by atoms with Crippen molar-refractivity contribution < 1.29 is 9.18 Å². The number of fused-ring (bicyclic) bond motifs is 1. The number of benzene rings is 2. The van der Waals surface area contributed by atoms with Gasteiger partial charge in [0.2, 0.25) is 11.7 Å². The Labute approximate surface area is 153 Å². The van der Waals surface area contributed by atoms with Crippen molar-refractivity contribution in [2.75, 3.05) is 0 Å². The van der Waals surface area contributed by atoms with Crippen LogP contribution in [0, 0.1) is 5.82 Å². The Morgan fingerprint density at radius 2 is 2.15 bits per heavy atom. The highest BCUT2D eigenvalue weighted by Gasteiger charge is 2.27. The lowest BCUT2D eigenvalue weighted by Gasteiger charge is -2.12. The van der Waals surface area contributed by atoms with Gasteiger partial charge in [0.25, 0.3) is 0 Å². The maximum atomic E-state index is 14.7. The molecule has 1 aliphatic carbocycles. The van der Waals surface area contributed by atoms with Gasteiger partial charge < -0.3 is 5.73 Å². The Kier molecular flexibility index (Phi) is 3.96. The molecular formula is C18H15ClFN5O. The molecule has 132 valence electrons. The number of carbonyl (C=O) groups is 1. The number of nitrogens with two attached hydrogens (primary N) is 1. The van der Waals surface area contributed by atoms with Crippen molar-refractivity contribution in [3.05, 3.63) is 52.3 Å². The first kappa shape index (κ1) is 16.7. The largest absolute Gasteiger partial charge is 0.369 e. The predicted molar refractivity (Wildman–Crippen MR) is 94.9 cm³/mol. The molecule has 4 rings (SSSR count).